The number of carbonyl (C=O) groups excluding carboxylic acids is 1. The van der Waals surface area contributed by atoms with Crippen molar-refractivity contribution < 1.29 is 32.9 Å². The van der Waals surface area contributed by atoms with E-state index < -0.39 is 33.6 Å². The zero-order valence-corrected chi connectivity index (χ0v) is 23.4. The van der Waals surface area contributed by atoms with Crippen molar-refractivity contribution in [2.75, 3.05) is 5.75 Å². The molecule has 2 aliphatic heterocycles. The van der Waals surface area contributed by atoms with E-state index >= 15 is 0 Å². The maximum atomic E-state index is 13.8. The SMILES string of the molecule is CC.CCS(=O)(=O)C1=C(c2nc3cc(C(C)(F)F)cnc3n2C)NC2C=C(NC(=O)OC3(C)CC3)C=CN12.F.[HH]. The second-order valence-electron chi connectivity index (χ2n) is 9.43. The van der Waals surface area contributed by atoms with Gasteiger partial charge in [-0.1, -0.05) is 20.8 Å². The molecule has 1 saturated carbocycles. The van der Waals surface area contributed by atoms with E-state index in [0.717, 1.165) is 26.0 Å². The van der Waals surface area contributed by atoms with Crippen LogP contribution in [-0.2, 0) is 27.5 Å². The number of aryl methyl sites for hydroxylation is 1. The Morgan fingerprint density at radius 2 is 2.03 bits per heavy atom. The molecule has 0 spiro atoms. The Kier molecular flexibility index (Phi) is 8.11. The monoisotopic (exact) mass is 572 g/mol. The lowest BCUT2D eigenvalue weighted by Gasteiger charge is -2.26. The molecule has 1 aliphatic carbocycles. The third-order valence-electron chi connectivity index (χ3n) is 6.45. The quantitative estimate of drug-likeness (QED) is 0.520. The van der Waals surface area contributed by atoms with E-state index in [-0.39, 0.29) is 39.5 Å². The molecule has 1 fully saturated rings. The fourth-order valence-electron chi connectivity index (χ4n) is 4.08. The Balaban J connectivity index is 0.00000137. The summed E-state index contributed by atoms with van der Waals surface area (Å²) in [6.07, 6.45) is 6.26. The molecule has 39 heavy (non-hydrogen) atoms. The molecule has 1 atom stereocenters. The first-order chi connectivity index (χ1) is 17.8. The van der Waals surface area contributed by atoms with Crippen molar-refractivity contribution >= 4 is 32.8 Å². The van der Waals surface area contributed by atoms with Crippen molar-refractivity contribution in [2.45, 2.75) is 65.1 Å². The first kappa shape index (κ1) is 30.0. The average molecular weight is 573 g/mol. The normalized spacial score (nSPS) is 19.3. The number of fused-ring (bicyclic) bond motifs is 2. The summed E-state index contributed by atoms with van der Waals surface area (Å²) in [6.45, 7) is 8.16. The first-order valence-electron chi connectivity index (χ1n) is 12.4. The molecule has 0 radical (unpaired) electrons. The maximum absolute atomic E-state index is 13.8. The minimum absolute atomic E-state index is 0. The first-order valence-corrected chi connectivity index (χ1v) is 14.1. The van der Waals surface area contributed by atoms with Crippen LogP contribution in [0.4, 0.5) is 18.3 Å². The van der Waals surface area contributed by atoms with Gasteiger partial charge in [-0.25, -0.2) is 32.0 Å². The van der Waals surface area contributed by atoms with E-state index in [1.165, 1.54) is 17.9 Å². The predicted molar refractivity (Wildman–Crippen MR) is 144 cm³/mol. The molecule has 5 rings (SSSR count). The number of nitrogens with zero attached hydrogens (tertiary/aromatic N) is 4. The van der Waals surface area contributed by atoms with Crippen LogP contribution >= 0.6 is 0 Å². The Bertz CT molecular complexity index is 1480. The Labute approximate surface area is 226 Å². The molecule has 2 N–H and O–H groups in total. The predicted octanol–water partition coefficient (Wildman–Crippen LogP) is 4.49. The van der Waals surface area contributed by atoms with Gasteiger partial charge in [-0.2, -0.15) is 0 Å². The number of hydrogen-bond donors (Lipinski definition) is 2. The number of imidazole rings is 1. The summed E-state index contributed by atoms with van der Waals surface area (Å²) in [5.74, 6) is -3.04. The van der Waals surface area contributed by atoms with Gasteiger partial charge >= 0.3 is 6.09 Å². The highest BCUT2D eigenvalue weighted by Crippen LogP contribution is 2.39. The molecule has 0 aromatic carbocycles. The molecule has 4 heterocycles. The molecule has 14 heteroatoms. The molecular formula is C25H35F3N6O4S. The van der Waals surface area contributed by atoms with Gasteiger partial charge in [-0.3, -0.25) is 10.0 Å². The maximum Gasteiger partial charge on any atom is 0.412 e. The fourth-order valence-corrected chi connectivity index (χ4v) is 5.31. The number of rotatable bonds is 6. The fraction of sp³-hybridized carbons (Fsp3) is 0.480. The third-order valence-corrected chi connectivity index (χ3v) is 8.21. The Hall–Kier alpha value is -3.55. The lowest BCUT2D eigenvalue weighted by molar-refractivity contribution is 0.0172. The highest BCUT2D eigenvalue weighted by atomic mass is 32.2. The number of nitrogens with one attached hydrogen (secondary N) is 2. The van der Waals surface area contributed by atoms with Crippen LogP contribution in [0.2, 0.25) is 0 Å². The third kappa shape index (κ3) is 5.75. The Morgan fingerprint density at radius 1 is 1.36 bits per heavy atom. The topological polar surface area (TPSA) is 118 Å². The van der Waals surface area contributed by atoms with Crippen LogP contribution in [-0.4, -0.2) is 51.5 Å². The highest BCUT2D eigenvalue weighted by Gasteiger charge is 2.43. The number of aromatic nitrogens is 3. The number of sulfone groups is 1. The molecule has 2 aromatic heterocycles. The molecule has 1 unspecified atom stereocenters. The van der Waals surface area contributed by atoms with Gasteiger partial charge in [0.15, 0.2) is 26.3 Å². The van der Waals surface area contributed by atoms with Crippen LogP contribution in [0.3, 0.4) is 0 Å². The summed E-state index contributed by atoms with van der Waals surface area (Å²) in [4.78, 5) is 22.4. The number of ether oxygens (including phenoxy) is 1. The van der Waals surface area contributed by atoms with Crippen molar-refractivity contribution in [3.05, 3.63) is 52.7 Å². The standard InChI is InChI=1S/C23H26F2N6O4S.C2H6.FH.H2/c1-5-36(33,34)20-17(19-28-15-10-13(23(3,24)25)12-26-18(15)30(19)4)29-16-11-14(6-9-31(16)20)27-21(32)35-22(2)7-8-22;1-2;;/h6,9-12,16,29H,5,7-8H2,1-4H3,(H,27,32);1-2H3;2*1H. The number of halogens is 3. The number of amides is 1. The smallest absolute Gasteiger partial charge is 0.412 e. The largest absolute Gasteiger partial charge is 0.443 e. The molecule has 1 amide bonds. The molecule has 0 saturated heterocycles. The summed E-state index contributed by atoms with van der Waals surface area (Å²) in [6, 6.07) is 1.25. The van der Waals surface area contributed by atoms with Crippen molar-refractivity contribution in [2.24, 2.45) is 7.05 Å². The lowest BCUT2D eigenvalue weighted by atomic mass is 10.2. The summed E-state index contributed by atoms with van der Waals surface area (Å²) in [7, 11) is -2.12. The van der Waals surface area contributed by atoms with Crippen LogP contribution < -0.4 is 10.6 Å². The van der Waals surface area contributed by atoms with Gasteiger partial charge < -0.3 is 19.5 Å². The number of carbonyl (C=O) groups is 1. The molecule has 2 aromatic rings. The van der Waals surface area contributed by atoms with E-state index in [2.05, 4.69) is 20.6 Å². The molecule has 3 aliphatic rings. The Morgan fingerprint density at radius 3 is 2.62 bits per heavy atom. The van der Waals surface area contributed by atoms with Gasteiger partial charge in [0.25, 0.3) is 5.92 Å². The van der Waals surface area contributed by atoms with Crippen LogP contribution in [0.1, 0.15) is 60.3 Å². The van der Waals surface area contributed by atoms with Crippen LogP contribution in [0.5, 0.6) is 0 Å². The number of alkyl carbamates (subject to hydrolysis) is 1. The zero-order valence-electron chi connectivity index (χ0n) is 22.6. The van der Waals surface area contributed by atoms with Crippen molar-refractivity contribution in [3.63, 3.8) is 0 Å². The highest BCUT2D eigenvalue weighted by molar-refractivity contribution is 7.95. The summed E-state index contributed by atoms with van der Waals surface area (Å²) < 4.78 is 60.9. The van der Waals surface area contributed by atoms with Gasteiger partial charge in [0, 0.05) is 39.1 Å². The van der Waals surface area contributed by atoms with Crippen molar-refractivity contribution in [3.8, 4) is 0 Å². The van der Waals surface area contributed by atoms with E-state index in [9.17, 15) is 22.0 Å². The van der Waals surface area contributed by atoms with Gasteiger partial charge in [0.1, 0.15) is 23.0 Å². The minimum Gasteiger partial charge on any atom is -0.443 e. The minimum atomic E-state index is -3.75. The number of hydrogen-bond acceptors (Lipinski definition) is 8. The van der Waals surface area contributed by atoms with E-state index in [1.54, 1.807) is 30.0 Å². The number of alkyl halides is 2. The number of allylic oxidation sites excluding steroid dienone is 1. The molecule has 216 valence electrons. The van der Waals surface area contributed by atoms with Crippen LogP contribution in [0.25, 0.3) is 16.9 Å². The van der Waals surface area contributed by atoms with E-state index in [0.29, 0.717) is 11.3 Å². The molecule has 0 bridgehead atoms. The summed E-state index contributed by atoms with van der Waals surface area (Å²) >= 11 is 0. The second-order valence-corrected chi connectivity index (χ2v) is 11.6. The van der Waals surface area contributed by atoms with Crippen molar-refractivity contribution in [1.29, 1.82) is 0 Å². The summed E-state index contributed by atoms with van der Waals surface area (Å²) in [5, 5.41) is 5.83. The van der Waals surface area contributed by atoms with E-state index in [4.69, 9.17) is 4.74 Å². The van der Waals surface area contributed by atoms with Crippen LogP contribution in [0.15, 0.2) is 41.3 Å². The number of pyridine rings is 1. The van der Waals surface area contributed by atoms with Crippen molar-refractivity contribution in [1.82, 2.24) is 30.1 Å². The van der Waals surface area contributed by atoms with Gasteiger partial charge in [-0.05, 0) is 38.0 Å². The lowest BCUT2D eigenvalue weighted by Crippen LogP contribution is -2.38. The zero-order chi connectivity index (χ0) is 28.0. The van der Waals surface area contributed by atoms with Gasteiger partial charge in [0.05, 0.1) is 5.75 Å². The van der Waals surface area contributed by atoms with E-state index in [1.807, 2.05) is 20.8 Å². The van der Waals surface area contributed by atoms with Crippen LogP contribution in [0, 0.1) is 0 Å². The average Bonchev–Trinajstić information content (AvgIpc) is 3.31. The van der Waals surface area contributed by atoms with Gasteiger partial charge in [0.2, 0.25) is 0 Å². The molecule has 10 nitrogen and oxygen atoms in total. The second kappa shape index (κ2) is 10.5. The molecular weight excluding hydrogens is 537 g/mol. The van der Waals surface area contributed by atoms with Gasteiger partial charge in [-0.15, -0.1) is 0 Å². The summed E-state index contributed by atoms with van der Waals surface area (Å²) in [5.41, 5.74) is 0.462.